The standard InChI is InChI=1S/C15H22N6O9/c1-2-5-29-15(28)17-4-3-16-10(22)6-18-11(23)7-19-12(24)8-20-13(25)9-30-21-14(26)27/h1,21H,3-9H2,(H,16,22)(H,17,28)(H,18,23)(H,19,24)(H,20,25)(H,26,27). The highest BCUT2D eigenvalue weighted by molar-refractivity contribution is 5.90. The molecule has 0 rings (SSSR count). The molecule has 0 unspecified atom stereocenters. The van der Waals surface area contributed by atoms with Crippen molar-refractivity contribution < 1.29 is 43.4 Å². The number of ether oxygens (including phenoxy) is 1. The van der Waals surface area contributed by atoms with Crippen LogP contribution in [-0.4, -0.2) is 86.9 Å². The van der Waals surface area contributed by atoms with Crippen molar-refractivity contribution in [3.63, 3.8) is 0 Å². The largest absolute Gasteiger partial charge is 0.464 e. The fraction of sp³-hybridized carbons (Fsp3) is 0.467. The summed E-state index contributed by atoms with van der Waals surface area (Å²) in [7, 11) is 0. The highest BCUT2D eigenvalue weighted by atomic mass is 16.7. The maximum absolute atomic E-state index is 11.5. The molecular weight excluding hydrogens is 408 g/mol. The second-order valence-electron chi connectivity index (χ2n) is 5.08. The van der Waals surface area contributed by atoms with Gasteiger partial charge in [-0.1, -0.05) is 5.92 Å². The molecule has 0 saturated carbocycles. The molecule has 7 N–H and O–H groups in total. The third-order valence-corrected chi connectivity index (χ3v) is 2.70. The van der Waals surface area contributed by atoms with E-state index in [1.54, 1.807) is 0 Å². The minimum absolute atomic E-state index is 0.0853. The second-order valence-corrected chi connectivity index (χ2v) is 5.08. The number of carbonyl (C=O) groups excluding carboxylic acids is 5. The minimum atomic E-state index is -1.49. The number of rotatable bonds is 13. The van der Waals surface area contributed by atoms with Crippen molar-refractivity contribution >= 4 is 35.8 Å². The maximum Gasteiger partial charge on any atom is 0.428 e. The molecule has 6 amide bonds. The lowest BCUT2D eigenvalue weighted by molar-refractivity contribution is -0.131. The molecule has 30 heavy (non-hydrogen) atoms. The van der Waals surface area contributed by atoms with Gasteiger partial charge in [0.1, 0.15) is 0 Å². The Bertz CT molecular complexity index is 676. The fourth-order valence-corrected chi connectivity index (χ4v) is 1.46. The van der Waals surface area contributed by atoms with E-state index in [0.717, 1.165) is 0 Å². The van der Waals surface area contributed by atoms with Crippen LogP contribution in [0.5, 0.6) is 0 Å². The van der Waals surface area contributed by atoms with Gasteiger partial charge in [0.15, 0.2) is 13.2 Å². The van der Waals surface area contributed by atoms with Crippen LogP contribution >= 0.6 is 0 Å². The van der Waals surface area contributed by atoms with E-state index in [1.807, 2.05) is 0 Å². The van der Waals surface area contributed by atoms with E-state index in [0.29, 0.717) is 0 Å². The monoisotopic (exact) mass is 430 g/mol. The van der Waals surface area contributed by atoms with Gasteiger partial charge in [-0.05, 0) is 0 Å². The summed E-state index contributed by atoms with van der Waals surface area (Å²) < 4.78 is 4.54. The molecule has 0 heterocycles. The molecule has 15 heteroatoms. The lowest BCUT2D eigenvalue weighted by Gasteiger charge is -2.09. The van der Waals surface area contributed by atoms with Crippen molar-refractivity contribution in [2.24, 2.45) is 0 Å². The molecular formula is C15H22N6O9. The number of amides is 6. The van der Waals surface area contributed by atoms with E-state index in [9.17, 15) is 28.8 Å². The summed E-state index contributed by atoms with van der Waals surface area (Å²) in [5.41, 5.74) is 1.49. The SMILES string of the molecule is C#CCOC(=O)NCCNC(=O)CNC(=O)CNC(=O)CNC(=O)CONC(=O)O. The van der Waals surface area contributed by atoms with Crippen molar-refractivity contribution in [2.45, 2.75) is 0 Å². The van der Waals surface area contributed by atoms with E-state index in [2.05, 4.69) is 42.1 Å². The first-order valence-electron chi connectivity index (χ1n) is 8.26. The summed E-state index contributed by atoms with van der Waals surface area (Å²) in [4.78, 5) is 71.2. The number of alkyl carbamates (subject to hydrolysis) is 1. The molecule has 0 aliphatic rings. The van der Waals surface area contributed by atoms with Gasteiger partial charge in [-0.2, -0.15) is 5.48 Å². The van der Waals surface area contributed by atoms with Gasteiger partial charge in [0.05, 0.1) is 19.6 Å². The Labute approximate surface area is 170 Å². The number of hydrogen-bond acceptors (Lipinski definition) is 8. The van der Waals surface area contributed by atoms with Gasteiger partial charge in [0.2, 0.25) is 23.6 Å². The number of hydroxylamine groups is 1. The lowest BCUT2D eigenvalue weighted by Crippen LogP contribution is -2.45. The Morgan fingerprint density at radius 1 is 0.767 bits per heavy atom. The average molecular weight is 430 g/mol. The fourth-order valence-electron chi connectivity index (χ4n) is 1.46. The quantitative estimate of drug-likeness (QED) is 0.0860. The molecule has 0 aromatic rings. The molecule has 0 bridgehead atoms. The Balaban J connectivity index is 3.75. The van der Waals surface area contributed by atoms with Crippen LogP contribution in [0.3, 0.4) is 0 Å². The van der Waals surface area contributed by atoms with E-state index < -0.39 is 55.5 Å². The molecule has 0 spiro atoms. The molecule has 15 nitrogen and oxygen atoms in total. The van der Waals surface area contributed by atoms with Gasteiger partial charge in [0.25, 0.3) is 0 Å². The second kappa shape index (κ2) is 15.9. The number of nitrogens with one attached hydrogen (secondary N) is 6. The summed E-state index contributed by atoms with van der Waals surface area (Å²) >= 11 is 0. The summed E-state index contributed by atoms with van der Waals surface area (Å²) in [6.07, 6.45) is 2.69. The van der Waals surface area contributed by atoms with Crippen LogP contribution in [0.2, 0.25) is 0 Å². The van der Waals surface area contributed by atoms with Crippen LogP contribution in [0.4, 0.5) is 9.59 Å². The van der Waals surface area contributed by atoms with Crippen LogP contribution in [0.25, 0.3) is 0 Å². The van der Waals surface area contributed by atoms with Gasteiger partial charge in [-0.15, -0.1) is 6.42 Å². The molecule has 0 fully saturated rings. The predicted octanol–water partition coefficient (Wildman–Crippen LogP) is -3.99. The summed E-state index contributed by atoms with van der Waals surface area (Å²) in [5, 5.41) is 19.5. The van der Waals surface area contributed by atoms with Crippen LogP contribution in [-0.2, 0) is 28.8 Å². The van der Waals surface area contributed by atoms with Crippen molar-refractivity contribution in [3.8, 4) is 12.3 Å². The van der Waals surface area contributed by atoms with Gasteiger partial charge in [-0.25, -0.2) is 9.59 Å². The van der Waals surface area contributed by atoms with Crippen LogP contribution in [0, 0.1) is 12.3 Å². The highest BCUT2D eigenvalue weighted by Gasteiger charge is 2.09. The molecule has 166 valence electrons. The number of terminal acetylenes is 1. The van der Waals surface area contributed by atoms with E-state index >= 15 is 0 Å². The Morgan fingerprint density at radius 2 is 1.27 bits per heavy atom. The highest BCUT2D eigenvalue weighted by Crippen LogP contribution is 1.76. The Kier molecular flexibility index (Phi) is 13.8. The first-order chi connectivity index (χ1) is 14.2. The molecule has 0 aliphatic heterocycles. The number of hydrogen-bond donors (Lipinski definition) is 7. The Hall–Kier alpha value is -4.06. The normalized spacial score (nSPS) is 9.30. The van der Waals surface area contributed by atoms with Crippen molar-refractivity contribution in [1.82, 2.24) is 32.1 Å². The zero-order valence-corrected chi connectivity index (χ0v) is 15.7. The van der Waals surface area contributed by atoms with E-state index in [4.69, 9.17) is 11.5 Å². The minimum Gasteiger partial charge on any atom is -0.464 e. The summed E-state index contributed by atoms with van der Waals surface area (Å²) in [6, 6.07) is 0. The van der Waals surface area contributed by atoms with Crippen LogP contribution in [0.15, 0.2) is 0 Å². The predicted molar refractivity (Wildman–Crippen MR) is 97.3 cm³/mol. The maximum atomic E-state index is 11.5. The average Bonchev–Trinajstić information content (AvgIpc) is 2.70. The van der Waals surface area contributed by atoms with Crippen molar-refractivity contribution in [2.75, 3.05) is 45.9 Å². The lowest BCUT2D eigenvalue weighted by atomic mass is 10.4. The summed E-state index contributed by atoms with van der Waals surface area (Å²) in [6.45, 7) is -1.92. The third-order valence-electron chi connectivity index (χ3n) is 2.70. The van der Waals surface area contributed by atoms with Crippen molar-refractivity contribution in [1.29, 1.82) is 0 Å². The smallest absolute Gasteiger partial charge is 0.428 e. The topological polar surface area (TPSA) is 213 Å². The molecule has 0 aliphatic carbocycles. The number of carbonyl (C=O) groups is 6. The van der Waals surface area contributed by atoms with Crippen molar-refractivity contribution in [3.05, 3.63) is 0 Å². The van der Waals surface area contributed by atoms with Gasteiger partial charge in [-0.3, -0.25) is 24.0 Å². The zero-order valence-electron chi connectivity index (χ0n) is 15.7. The van der Waals surface area contributed by atoms with E-state index in [1.165, 1.54) is 5.48 Å². The van der Waals surface area contributed by atoms with Crippen LogP contribution in [0.1, 0.15) is 0 Å². The van der Waals surface area contributed by atoms with Gasteiger partial charge >= 0.3 is 12.2 Å². The third kappa shape index (κ3) is 16.1. The van der Waals surface area contributed by atoms with Crippen LogP contribution < -0.4 is 32.1 Å². The Morgan fingerprint density at radius 3 is 1.80 bits per heavy atom. The van der Waals surface area contributed by atoms with Gasteiger partial charge < -0.3 is 36.4 Å². The number of carboxylic acid groups (broad SMARTS) is 1. The molecule has 0 aromatic heterocycles. The molecule has 0 radical (unpaired) electrons. The molecule has 0 saturated heterocycles. The molecule has 0 aromatic carbocycles. The zero-order chi connectivity index (χ0) is 22.8. The van der Waals surface area contributed by atoms with E-state index in [-0.39, 0.29) is 26.2 Å². The van der Waals surface area contributed by atoms with Gasteiger partial charge in [0, 0.05) is 13.1 Å². The first-order valence-corrected chi connectivity index (χ1v) is 8.26. The molecule has 0 atom stereocenters. The summed E-state index contributed by atoms with van der Waals surface area (Å²) in [5.74, 6) is -0.540. The first kappa shape index (κ1) is 25.9.